The second kappa shape index (κ2) is 5.61. The fraction of sp³-hybridized carbons (Fsp3) is 0.909. The van der Waals surface area contributed by atoms with E-state index in [0.29, 0.717) is 26.1 Å². The Balaban J connectivity index is 2.35. The average Bonchev–Trinajstić information content (AvgIpc) is 2.26. The molecule has 5 heteroatoms. The van der Waals surface area contributed by atoms with Crippen LogP contribution in [0.1, 0.15) is 26.7 Å². The number of nitrogens with two attached hydrogens (primary N) is 1. The van der Waals surface area contributed by atoms with Crippen molar-refractivity contribution < 1.29 is 14.6 Å². The van der Waals surface area contributed by atoms with Gasteiger partial charge in [-0.05, 0) is 5.92 Å². The van der Waals surface area contributed by atoms with Crippen molar-refractivity contribution in [3.63, 3.8) is 0 Å². The first-order chi connectivity index (χ1) is 7.44. The van der Waals surface area contributed by atoms with Crippen molar-refractivity contribution in [3.05, 3.63) is 0 Å². The van der Waals surface area contributed by atoms with Crippen LogP contribution in [0.25, 0.3) is 0 Å². The molecule has 1 saturated heterocycles. The topological polar surface area (TPSA) is 84.6 Å². The summed E-state index contributed by atoms with van der Waals surface area (Å²) in [6.45, 7) is 5.14. The van der Waals surface area contributed by atoms with Crippen LogP contribution in [0.5, 0.6) is 0 Å². The van der Waals surface area contributed by atoms with Crippen LogP contribution in [0.3, 0.4) is 0 Å². The van der Waals surface area contributed by atoms with Crippen molar-refractivity contribution in [3.8, 4) is 0 Å². The second-order valence-electron chi connectivity index (χ2n) is 4.82. The molecule has 0 saturated carbocycles. The highest BCUT2D eigenvalue weighted by Gasteiger charge is 2.30. The molecule has 1 atom stereocenters. The zero-order valence-electron chi connectivity index (χ0n) is 10.0. The Morgan fingerprint density at radius 3 is 2.56 bits per heavy atom. The van der Waals surface area contributed by atoms with Crippen LogP contribution in [0.2, 0.25) is 0 Å². The minimum absolute atomic E-state index is 0.101. The number of aliphatic hydroxyl groups is 1. The molecule has 94 valence electrons. The summed E-state index contributed by atoms with van der Waals surface area (Å²) in [6, 6.07) is -0.511. The van der Waals surface area contributed by atoms with Crippen LogP contribution in [0.4, 0.5) is 0 Å². The molecular weight excluding hydrogens is 208 g/mol. The Morgan fingerprint density at radius 2 is 2.06 bits per heavy atom. The third-order valence-corrected chi connectivity index (χ3v) is 3.04. The molecule has 1 fully saturated rings. The molecule has 1 aliphatic rings. The monoisotopic (exact) mass is 230 g/mol. The maximum Gasteiger partial charge on any atom is 0.237 e. The van der Waals surface area contributed by atoms with Crippen molar-refractivity contribution in [2.24, 2.45) is 11.7 Å². The van der Waals surface area contributed by atoms with Gasteiger partial charge in [-0.2, -0.15) is 0 Å². The SMILES string of the molecule is CC(C)C(N)C(=O)NCC1(O)CCOCC1. The van der Waals surface area contributed by atoms with Crippen molar-refractivity contribution in [1.82, 2.24) is 5.32 Å². The first kappa shape index (κ1) is 13.4. The van der Waals surface area contributed by atoms with Gasteiger partial charge in [0.05, 0.1) is 11.6 Å². The van der Waals surface area contributed by atoms with Gasteiger partial charge in [0.25, 0.3) is 0 Å². The minimum Gasteiger partial charge on any atom is -0.388 e. The van der Waals surface area contributed by atoms with Crippen LogP contribution in [-0.4, -0.2) is 42.4 Å². The quantitative estimate of drug-likeness (QED) is 0.615. The molecule has 1 aliphatic heterocycles. The first-order valence-corrected chi connectivity index (χ1v) is 5.78. The standard InChI is InChI=1S/C11H22N2O3/c1-8(2)9(12)10(14)13-7-11(15)3-5-16-6-4-11/h8-9,15H,3-7,12H2,1-2H3,(H,13,14). The predicted octanol–water partition coefficient (Wildman–Crippen LogP) is -0.373. The second-order valence-corrected chi connectivity index (χ2v) is 4.82. The summed E-state index contributed by atoms with van der Waals surface area (Å²) in [4.78, 5) is 11.6. The third-order valence-electron chi connectivity index (χ3n) is 3.04. The van der Waals surface area contributed by atoms with Crippen LogP contribution in [0.15, 0.2) is 0 Å². The van der Waals surface area contributed by atoms with E-state index in [1.165, 1.54) is 0 Å². The molecule has 0 spiro atoms. The number of hydrogen-bond acceptors (Lipinski definition) is 4. The van der Waals surface area contributed by atoms with E-state index in [4.69, 9.17) is 10.5 Å². The lowest BCUT2D eigenvalue weighted by atomic mass is 9.94. The molecular formula is C11H22N2O3. The molecule has 1 unspecified atom stereocenters. The van der Waals surface area contributed by atoms with Gasteiger partial charge in [0.2, 0.25) is 5.91 Å². The van der Waals surface area contributed by atoms with Gasteiger partial charge in [-0.25, -0.2) is 0 Å². The molecule has 0 bridgehead atoms. The number of ether oxygens (including phenoxy) is 1. The Bertz CT molecular complexity index is 237. The lowest BCUT2D eigenvalue weighted by Gasteiger charge is -2.32. The maximum atomic E-state index is 11.6. The molecule has 0 aromatic rings. The van der Waals surface area contributed by atoms with Gasteiger partial charge in [-0.3, -0.25) is 4.79 Å². The summed E-state index contributed by atoms with van der Waals surface area (Å²) in [5.41, 5.74) is 4.87. The van der Waals surface area contributed by atoms with Gasteiger partial charge in [0.1, 0.15) is 0 Å². The Labute approximate surface area is 96.3 Å². The molecule has 16 heavy (non-hydrogen) atoms. The highest BCUT2D eigenvalue weighted by molar-refractivity contribution is 5.81. The van der Waals surface area contributed by atoms with Crippen LogP contribution >= 0.6 is 0 Å². The van der Waals surface area contributed by atoms with E-state index in [1.54, 1.807) is 0 Å². The van der Waals surface area contributed by atoms with E-state index in [0.717, 1.165) is 0 Å². The maximum absolute atomic E-state index is 11.6. The summed E-state index contributed by atoms with van der Waals surface area (Å²) in [5.74, 6) is -0.0979. The number of carbonyl (C=O) groups is 1. The summed E-state index contributed by atoms with van der Waals surface area (Å²) in [6.07, 6.45) is 1.12. The van der Waals surface area contributed by atoms with Gasteiger partial charge >= 0.3 is 0 Å². The largest absolute Gasteiger partial charge is 0.388 e. The normalized spacial score (nSPS) is 21.8. The first-order valence-electron chi connectivity index (χ1n) is 5.78. The Hall–Kier alpha value is -0.650. The van der Waals surface area contributed by atoms with Crippen LogP contribution < -0.4 is 11.1 Å². The van der Waals surface area contributed by atoms with E-state index >= 15 is 0 Å². The lowest BCUT2D eigenvalue weighted by Crippen LogP contribution is -2.51. The van der Waals surface area contributed by atoms with E-state index in [2.05, 4.69) is 5.32 Å². The molecule has 1 heterocycles. The molecule has 0 aliphatic carbocycles. The predicted molar refractivity (Wildman–Crippen MR) is 60.8 cm³/mol. The van der Waals surface area contributed by atoms with Gasteiger partial charge < -0.3 is 20.9 Å². The van der Waals surface area contributed by atoms with E-state index in [9.17, 15) is 9.90 Å². The average molecular weight is 230 g/mol. The van der Waals surface area contributed by atoms with E-state index < -0.39 is 11.6 Å². The summed E-state index contributed by atoms with van der Waals surface area (Å²) >= 11 is 0. The fourth-order valence-corrected chi connectivity index (χ4v) is 1.60. The zero-order valence-corrected chi connectivity index (χ0v) is 10.0. The van der Waals surface area contributed by atoms with Gasteiger partial charge in [-0.15, -0.1) is 0 Å². The van der Waals surface area contributed by atoms with E-state index in [-0.39, 0.29) is 18.4 Å². The van der Waals surface area contributed by atoms with Crippen LogP contribution in [-0.2, 0) is 9.53 Å². The smallest absolute Gasteiger partial charge is 0.237 e. The number of carbonyl (C=O) groups excluding carboxylic acids is 1. The van der Waals surface area contributed by atoms with Crippen molar-refractivity contribution in [1.29, 1.82) is 0 Å². The summed E-state index contributed by atoms with van der Waals surface area (Å²) in [5, 5.41) is 12.8. The number of rotatable bonds is 4. The highest BCUT2D eigenvalue weighted by atomic mass is 16.5. The highest BCUT2D eigenvalue weighted by Crippen LogP contribution is 2.19. The van der Waals surface area contributed by atoms with Gasteiger partial charge in [-0.1, -0.05) is 13.8 Å². The molecule has 1 rings (SSSR count). The number of amides is 1. The van der Waals surface area contributed by atoms with Gasteiger partial charge in [0.15, 0.2) is 0 Å². The summed E-state index contributed by atoms with van der Waals surface area (Å²) < 4.78 is 5.16. The minimum atomic E-state index is -0.829. The van der Waals surface area contributed by atoms with Crippen molar-refractivity contribution >= 4 is 5.91 Å². The molecule has 0 aromatic heterocycles. The van der Waals surface area contributed by atoms with E-state index in [1.807, 2.05) is 13.8 Å². The number of hydrogen-bond donors (Lipinski definition) is 3. The van der Waals surface area contributed by atoms with Crippen LogP contribution in [0, 0.1) is 5.92 Å². The number of nitrogens with one attached hydrogen (secondary N) is 1. The third kappa shape index (κ3) is 3.73. The molecule has 0 aromatic carbocycles. The molecule has 5 nitrogen and oxygen atoms in total. The summed E-state index contributed by atoms with van der Waals surface area (Å²) in [7, 11) is 0. The molecule has 4 N–H and O–H groups in total. The van der Waals surface area contributed by atoms with Crippen molar-refractivity contribution in [2.75, 3.05) is 19.8 Å². The zero-order chi connectivity index (χ0) is 12.2. The lowest BCUT2D eigenvalue weighted by molar-refractivity contribution is -0.126. The Morgan fingerprint density at radius 1 is 1.50 bits per heavy atom. The van der Waals surface area contributed by atoms with Gasteiger partial charge in [0, 0.05) is 32.6 Å². The Kier molecular flexibility index (Phi) is 4.70. The fourth-order valence-electron chi connectivity index (χ4n) is 1.60. The molecule has 0 radical (unpaired) electrons. The van der Waals surface area contributed by atoms with Crippen molar-refractivity contribution in [2.45, 2.75) is 38.3 Å². The molecule has 1 amide bonds.